The highest BCUT2D eigenvalue weighted by Gasteiger charge is 2.23. The molecule has 1 atom stereocenters. The minimum absolute atomic E-state index is 0.173. The second-order valence-electron chi connectivity index (χ2n) is 8.84. The van der Waals surface area contributed by atoms with Gasteiger partial charge in [-0.1, -0.05) is 97.1 Å². The average molecular weight is 510 g/mol. The monoisotopic (exact) mass is 509 g/mol. The molecule has 0 saturated carbocycles. The first-order valence-corrected chi connectivity index (χ1v) is 12.5. The van der Waals surface area contributed by atoms with Crippen LogP contribution in [-0.2, 0) is 40.4 Å². The van der Waals surface area contributed by atoms with Gasteiger partial charge in [-0.15, -0.1) is 0 Å². The molecule has 4 rings (SSSR count). The minimum atomic E-state index is -0.839. The number of rotatable bonds is 12. The topological polar surface area (TPSA) is 73.9 Å². The number of methoxy groups -OCH3 is 1. The molecule has 0 saturated heterocycles. The van der Waals surface area contributed by atoms with Crippen LogP contribution in [0.25, 0.3) is 0 Å². The van der Waals surface area contributed by atoms with Crippen molar-refractivity contribution in [2.24, 2.45) is 0 Å². The summed E-state index contributed by atoms with van der Waals surface area (Å²) in [5, 5.41) is 2.82. The van der Waals surface area contributed by atoms with Gasteiger partial charge in [-0.2, -0.15) is 0 Å². The van der Waals surface area contributed by atoms with E-state index >= 15 is 0 Å². The zero-order chi connectivity index (χ0) is 26.6. The summed E-state index contributed by atoms with van der Waals surface area (Å²) in [6, 6.07) is 33.8. The lowest BCUT2D eigenvalue weighted by atomic mass is 10.0. The number of hydrogen-bond donors (Lipinski definition) is 1. The minimum Gasteiger partial charge on any atom is -0.485 e. The van der Waals surface area contributed by atoms with Crippen LogP contribution in [-0.4, -0.2) is 25.0 Å². The SMILES string of the molecule is COC(=O)[C@H](Cc1ccc(OCc2ccccc2)c(OCc2ccccc2)c1)NC(=O)Cc1ccccc1. The summed E-state index contributed by atoms with van der Waals surface area (Å²) in [7, 11) is 1.31. The van der Waals surface area contributed by atoms with Gasteiger partial charge in [0.25, 0.3) is 0 Å². The Labute approximate surface area is 223 Å². The summed E-state index contributed by atoms with van der Waals surface area (Å²) in [6.45, 7) is 0.752. The van der Waals surface area contributed by atoms with Crippen molar-refractivity contribution >= 4 is 11.9 Å². The molecular weight excluding hydrogens is 478 g/mol. The molecule has 0 fully saturated rings. The van der Waals surface area contributed by atoms with Gasteiger partial charge in [0.15, 0.2) is 11.5 Å². The first-order valence-electron chi connectivity index (χ1n) is 12.5. The second-order valence-corrected chi connectivity index (χ2v) is 8.84. The fourth-order valence-electron chi connectivity index (χ4n) is 3.98. The Morgan fingerprint density at radius 1 is 0.658 bits per heavy atom. The molecule has 0 radical (unpaired) electrons. The van der Waals surface area contributed by atoms with E-state index in [2.05, 4.69) is 5.32 Å². The van der Waals surface area contributed by atoms with Crippen molar-refractivity contribution in [2.75, 3.05) is 7.11 Å². The number of amides is 1. The Bertz CT molecular complexity index is 1310. The van der Waals surface area contributed by atoms with Crippen LogP contribution in [0, 0.1) is 0 Å². The number of carbonyl (C=O) groups excluding carboxylic acids is 2. The summed E-state index contributed by atoms with van der Waals surface area (Å²) in [5.74, 6) is 0.385. The molecule has 1 amide bonds. The Hall–Kier alpha value is -4.58. The maximum atomic E-state index is 12.7. The van der Waals surface area contributed by atoms with E-state index in [1.54, 1.807) is 0 Å². The van der Waals surface area contributed by atoms with E-state index < -0.39 is 12.0 Å². The summed E-state index contributed by atoms with van der Waals surface area (Å²) in [6.07, 6.45) is 0.417. The first kappa shape index (κ1) is 26.5. The van der Waals surface area contributed by atoms with E-state index in [9.17, 15) is 9.59 Å². The van der Waals surface area contributed by atoms with Gasteiger partial charge < -0.3 is 19.5 Å². The van der Waals surface area contributed by atoms with Gasteiger partial charge in [0.2, 0.25) is 5.91 Å². The van der Waals surface area contributed by atoms with Gasteiger partial charge in [-0.25, -0.2) is 4.79 Å². The third-order valence-electron chi connectivity index (χ3n) is 5.95. The number of ether oxygens (including phenoxy) is 3. The van der Waals surface area contributed by atoms with Crippen molar-refractivity contribution in [3.63, 3.8) is 0 Å². The Morgan fingerprint density at radius 2 is 1.18 bits per heavy atom. The normalized spacial score (nSPS) is 11.3. The van der Waals surface area contributed by atoms with Gasteiger partial charge in [-0.05, 0) is 34.4 Å². The predicted octanol–water partition coefficient (Wildman–Crippen LogP) is 5.29. The van der Waals surface area contributed by atoms with Crippen LogP contribution in [0.4, 0.5) is 0 Å². The molecule has 0 heterocycles. The molecule has 1 N–H and O–H groups in total. The van der Waals surface area contributed by atoms with Gasteiger partial charge in [0, 0.05) is 6.42 Å². The third kappa shape index (κ3) is 7.96. The number of carbonyl (C=O) groups is 2. The number of hydrogen-bond acceptors (Lipinski definition) is 5. The van der Waals surface area contributed by atoms with Crippen LogP contribution in [0.15, 0.2) is 109 Å². The molecule has 4 aromatic rings. The average Bonchev–Trinajstić information content (AvgIpc) is 2.96. The van der Waals surface area contributed by atoms with Crippen molar-refractivity contribution in [2.45, 2.75) is 32.1 Å². The van der Waals surface area contributed by atoms with E-state index in [1.807, 2.05) is 109 Å². The van der Waals surface area contributed by atoms with Crippen molar-refractivity contribution < 1.29 is 23.8 Å². The van der Waals surface area contributed by atoms with Gasteiger partial charge >= 0.3 is 5.97 Å². The molecule has 0 aliphatic carbocycles. The molecule has 0 aliphatic heterocycles. The maximum absolute atomic E-state index is 12.7. The number of nitrogens with one attached hydrogen (secondary N) is 1. The Kier molecular flexibility index (Phi) is 9.51. The largest absolute Gasteiger partial charge is 0.485 e. The maximum Gasteiger partial charge on any atom is 0.328 e. The van der Waals surface area contributed by atoms with Crippen LogP contribution in [0.3, 0.4) is 0 Å². The fraction of sp³-hybridized carbons (Fsp3) is 0.188. The lowest BCUT2D eigenvalue weighted by Crippen LogP contribution is -2.43. The molecule has 38 heavy (non-hydrogen) atoms. The molecular formula is C32H31NO5. The van der Waals surface area contributed by atoms with Gasteiger partial charge in [0.1, 0.15) is 19.3 Å². The molecule has 4 aromatic carbocycles. The number of esters is 1. The summed E-state index contributed by atoms with van der Waals surface area (Å²) >= 11 is 0. The van der Waals surface area contributed by atoms with Crippen molar-refractivity contribution in [3.05, 3.63) is 131 Å². The summed E-state index contributed by atoms with van der Waals surface area (Å²) in [5.41, 5.74) is 3.73. The molecule has 6 nitrogen and oxygen atoms in total. The molecule has 0 unspecified atom stereocenters. The van der Waals surface area contributed by atoms with E-state index in [4.69, 9.17) is 14.2 Å². The van der Waals surface area contributed by atoms with Crippen LogP contribution in [0.1, 0.15) is 22.3 Å². The number of benzene rings is 4. The van der Waals surface area contributed by atoms with Crippen LogP contribution in [0.2, 0.25) is 0 Å². The lowest BCUT2D eigenvalue weighted by Gasteiger charge is -2.19. The summed E-state index contributed by atoms with van der Waals surface area (Å²) < 4.78 is 17.2. The van der Waals surface area contributed by atoms with E-state index in [0.717, 1.165) is 22.3 Å². The predicted molar refractivity (Wildman–Crippen MR) is 146 cm³/mol. The molecule has 194 valence electrons. The van der Waals surface area contributed by atoms with E-state index in [0.29, 0.717) is 24.7 Å². The molecule has 6 heteroatoms. The highest BCUT2D eigenvalue weighted by Crippen LogP contribution is 2.30. The van der Waals surface area contributed by atoms with Crippen LogP contribution < -0.4 is 14.8 Å². The highest BCUT2D eigenvalue weighted by atomic mass is 16.5. The van der Waals surface area contributed by atoms with Crippen molar-refractivity contribution in [1.29, 1.82) is 0 Å². The standard InChI is InChI=1S/C32H31NO5/c1-36-32(35)28(33-31(34)21-24-11-5-2-6-12-24)19-27-17-18-29(37-22-25-13-7-3-8-14-25)30(20-27)38-23-26-15-9-4-10-16-26/h2-18,20,28H,19,21-23H2,1H3,(H,33,34)/t28-/m0/s1. The van der Waals surface area contributed by atoms with Crippen LogP contribution >= 0.6 is 0 Å². The van der Waals surface area contributed by atoms with E-state index in [-0.39, 0.29) is 18.7 Å². The van der Waals surface area contributed by atoms with Gasteiger partial charge in [0.05, 0.1) is 13.5 Å². The lowest BCUT2D eigenvalue weighted by molar-refractivity contribution is -0.145. The Balaban J connectivity index is 1.50. The summed E-state index contributed by atoms with van der Waals surface area (Å²) in [4.78, 5) is 25.2. The smallest absolute Gasteiger partial charge is 0.328 e. The second kappa shape index (κ2) is 13.7. The van der Waals surface area contributed by atoms with Crippen molar-refractivity contribution in [3.8, 4) is 11.5 Å². The highest BCUT2D eigenvalue weighted by molar-refractivity contribution is 5.85. The first-order chi connectivity index (χ1) is 18.6. The zero-order valence-electron chi connectivity index (χ0n) is 21.3. The van der Waals surface area contributed by atoms with Crippen molar-refractivity contribution in [1.82, 2.24) is 5.32 Å². The fourth-order valence-corrected chi connectivity index (χ4v) is 3.98. The Morgan fingerprint density at radius 3 is 1.74 bits per heavy atom. The quantitative estimate of drug-likeness (QED) is 0.263. The molecule has 0 spiro atoms. The zero-order valence-corrected chi connectivity index (χ0v) is 21.3. The third-order valence-corrected chi connectivity index (χ3v) is 5.95. The molecule has 0 bridgehead atoms. The van der Waals surface area contributed by atoms with Crippen LogP contribution in [0.5, 0.6) is 11.5 Å². The van der Waals surface area contributed by atoms with E-state index in [1.165, 1.54) is 7.11 Å². The van der Waals surface area contributed by atoms with Gasteiger partial charge in [-0.3, -0.25) is 4.79 Å². The molecule has 0 aromatic heterocycles. The molecule has 0 aliphatic rings.